The van der Waals surface area contributed by atoms with E-state index >= 15 is 0 Å². The molecular weight excluding hydrogens is 440 g/mol. The quantitative estimate of drug-likeness (QED) is 0.396. The zero-order valence-corrected chi connectivity index (χ0v) is 19.9. The maximum Gasteiger partial charge on any atom is 0.411 e. The van der Waals surface area contributed by atoms with Crippen LogP contribution >= 0.6 is 23.1 Å². The molecule has 2 aromatic heterocycles. The Morgan fingerprint density at radius 3 is 2.88 bits per heavy atom. The first-order valence-electron chi connectivity index (χ1n) is 10.5. The molecule has 0 radical (unpaired) electrons. The van der Waals surface area contributed by atoms with Gasteiger partial charge in [0.25, 0.3) is 0 Å². The van der Waals surface area contributed by atoms with Crippen molar-refractivity contribution in [3.05, 3.63) is 63.9 Å². The number of nitrogens with zero attached hydrogens (tertiary/aromatic N) is 3. The summed E-state index contributed by atoms with van der Waals surface area (Å²) < 4.78 is 7.75. The van der Waals surface area contributed by atoms with E-state index in [4.69, 9.17) is 14.7 Å². The molecule has 0 unspecified atom stereocenters. The van der Waals surface area contributed by atoms with E-state index in [1.54, 1.807) is 11.3 Å². The van der Waals surface area contributed by atoms with E-state index in [9.17, 15) is 4.79 Å². The van der Waals surface area contributed by atoms with Gasteiger partial charge in [-0.2, -0.15) is 11.8 Å². The number of rotatable bonds is 4. The molecule has 3 heterocycles. The molecule has 5 rings (SSSR count). The van der Waals surface area contributed by atoms with Gasteiger partial charge in [0.1, 0.15) is 17.4 Å². The second kappa shape index (κ2) is 8.60. The molecule has 8 heteroatoms. The number of ether oxygens (including phenoxy) is 1. The number of carbonyl (C=O) groups excluding carboxylic acids is 1. The second-order valence-electron chi connectivity index (χ2n) is 7.98. The van der Waals surface area contributed by atoms with Crippen LogP contribution in [-0.2, 0) is 23.6 Å². The molecule has 2 aromatic carbocycles. The van der Waals surface area contributed by atoms with E-state index in [2.05, 4.69) is 41.9 Å². The molecule has 0 saturated carbocycles. The second-order valence-corrected chi connectivity index (χ2v) is 10.2. The number of benzene rings is 2. The van der Waals surface area contributed by atoms with E-state index < -0.39 is 6.09 Å². The van der Waals surface area contributed by atoms with E-state index in [1.807, 2.05) is 36.9 Å². The Balaban J connectivity index is 1.26. The number of nitrogens with one attached hydrogen (secondary N) is 1. The van der Waals surface area contributed by atoms with Crippen molar-refractivity contribution in [1.82, 2.24) is 14.5 Å². The molecule has 1 amide bonds. The fraction of sp³-hybridized carbons (Fsp3) is 0.292. The SMILES string of the molecule is Cc1ccc(-c2nc(C)c(COC(=O)Nc3ccc4c(c3)nc3n4CCSC3)s2)c(C)c1. The van der Waals surface area contributed by atoms with Crippen molar-refractivity contribution in [2.45, 2.75) is 39.7 Å². The average Bonchev–Trinajstić information content (AvgIpc) is 3.31. The number of amides is 1. The maximum atomic E-state index is 12.4. The summed E-state index contributed by atoms with van der Waals surface area (Å²) in [5.41, 5.74) is 7.12. The van der Waals surface area contributed by atoms with Gasteiger partial charge < -0.3 is 9.30 Å². The number of thiazole rings is 1. The summed E-state index contributed by atoms with van der Waals surface area (Å²) in [5, 5.41) is 3.78. The largest absolute Gasteiger partial charge is 0.444 e. The standard InChI is InChI=1S/C24H24N4O2S2/c1-14-4-6-18(15(2)10-14)23-25-16(3)21(32-23)12-30-24(29)26-17-5-7-20-19(11-17)27-22-13-31-9-8-28(20)22/h4-7,10-11H,8-9,12-13H2,1-3H3,(H,26,29). The van der Waals surface area contributed by atoms with Crippen LogP contribution < -0.4 is 5.32 Å². The molecule has 164 valence electrons. The lowest BCUT2D eigenvalue weighted by molar-refractivity contribution is 0.156. The summed E-state index contributed by atoms with van der Waals surface area (Å²) >= 11 is 3.46. The smallest absolute Gasteiger partial charge is 0.411 e. The van der Waals surface area contributed by atoms with Crippen LogP contribution in [0, 0.1) is 20.8 Å². The van der Waals surface area contributed by atoms with Crippen molar-refractivity contribution in [2.75, 3.05) is 11.1 Å². The third-order valence-electron chi connectivity index (χ3n) is 5.60. The van der Waals surface area contributed by atoms with Gasteiger partial charge in [-0.25, -0.2) is 14.8 Å². The van der Waals surface area contributed by atoms with Crippen molar-refractivity contribution in [2.24, 2.45) is 0 Å². The first-order valence-corrected chi connectivity index (χ1v) is 12.5. The lowest BCUT2D eigenvalue weighted by Crippen LogP contribution is -2.13. The molecule has 1 N–H and O–H groups in total. The highest BCUT2D eigenvalue weighted by Gasteiger charge is 2.16. The molecule has 0 saturated heterocycles. The minimum absolute atomic E-state index is 0.193. The van der Waals surface area contributed by atoms with Gasteiger partial charge in [0.05, 0.1) is 27.4 Å². The summed E-state index contributed by atoms with van der Waals surface area (Å²) in [6.45, 7) is 7.29. The lowest BCUT2D eigenvalue weighted by Gasteiger charge is -2.13. The molecule has 6 nitrogen and oxygen atoms in total. The van der Waals surface area contributed by atoms with E-state index in [0.29, 0.717) is 5.69 Å². The van der Waals surface area contributed by atoms with Crippen LogP contribution in [0.4, 0.5) is 10.5 Å². The number of imidazole rings is 1. The highest BCUT2D eigenvalue weighted by Crippen LogP contribution is 2.31. The fourth-order valence-electron chi connectivity index (χ4n) is 3.95. The number of aromatic nitrogens is 3. The predicted molar refractivity (Wildman–Crippen MR) is 131 cm³/mol. The van der Waals surface area contributed by atoms with Crippen LogP contribution in [0.5, 0.6) is 0 Å². The minimum atomic E-state index is -0.482. The summed E-state index contributed by atoms with van der Waals surface area (Å²) in [7, 11) is 0. The van der Waals surface area contributed by atoms with Crippen molar-refractivity contribution in [3.63, 3.8) is 0 Å². The fourth-order valence-corrected chi connectivity index (χ4v) is 5.88. The van der Waals surface area contributed by atoms with Crippen LogP contribution in [-0.4, -0.2) is 26.4 Å². The number of thioether (sulfide) groups is 1. The molecule has 0 spiro atoms. The number of hydrogen-bond donors (Lipinski definition) is 1. The summed E-state index contributed by atoms with van der Waals surface area (Å²) in [6, 6.07) is 12.2. The third kappa shape index (κ3) is 4.12. The monoisotopic (exact) mass is 464 g/mol. The van der Waals surface area contributed by atoms with Crippen LogP contribution in [0.1, 0.15) is 27.5 Å². The van der Waals surface area contributed by atoms with Crippen molar-refractivity contribution >= 4 is 45.9 Å². The van der Waals surface area contributed by atoms with Crippen LogP contribution in [0.2, 0.25) is 0 Å². The van der Waals surface area contributed by atoms with Crippen LogP contribution in [0.15, 0.2) is 36.4 Å². The zero-order chi connectivity index (χ0) is 22.2. The molecule has 1 aliphatic heterocycles. The number of fused-ring (bicyclic) bond motifs is 3. The van der Waals surface area contributed by atoms with E-state index in [-0.39, 0.29) is 6.61 Å². The van der Waals surface area contributed by atoms with Gasteiger partial charge in [0.15, 0.2) is 0 Å². The van der Waals surface area contributed by atoms with Gasteiger partial charge >= 0.3 is 6.09 Å². The van der Waals surface area contributed by atoms with E-state index in [1.165, 1.54) is 11.1 Å². The summed E-state index contributed by atoms with van der Waals surface area (Å²) in [6.07, 6.45) is -0.482. The summed E-state index contributed by atoms with van der Waals surface area (Å²) in [5.74, 6) is 3.13. The molecule has 32 heavy (non-hydrogen) atoms. The Labute approximate surface area is 195 Å². The molecule has 4 aromatic rings. The molecule has 0 aliphatic carbocycles. The number of aryl methyl sites for hydroxylation is 4. The highest BCUT2D eigenvalue weighted by atomic mass is 32.2. The topological polar surface area (TPSA) is 69.0 Å². The number of hydrogen-bond acceptors (Lipinski definition) is 6. The Kier molecular flexibility index (Phi) is 5.65. The van der Waals surface area contributed by atoms with Gasteiger partial charge in [-0.1, -0.05) is 23.8 Å². The maximum absolute atomic E-state index is 12.4. The van der Waals surface area contributed by atoms with Gasteiger partial charge in [-0.05, 0) is 44.5 Å². The van der Waals surface area contributed by atoms with Crippen molar-refractivity contribution < 1.29 is 9.53 Å². The molecule has 0 fully saturated rings. The molecule has 0 bridgehead atoms. The van der Waals surface area contributed by atoms with Gasteiger partial charge in [-0.15, -0.1) is 11.3 Å². The van der Waals surface area contributed by atoms with Gasteiger partial charge in [-0.3, -0.25) is 5.32 Å². The Hall–Kier alpha value is -2.84. The van der Waals surface area contributed by atoms with E-state index in [0.717, 1.165) is 56.1 Å². The zero-order valence-electron chi connectivity index (χ0n) is 18.3. The first-order chi connectivity index (χ1) is 15.5. The molecule has 0 atom stereocenters. The van der Waals surface area contributed by atoms with Crippen molar-refractivity contribution in [3.8, 4) is 10.6 Å². The normalized spacial score (nSPS) is 13.2. The Morgan fingerprint density at radius 2 is 2.03 bits per heavy atom. The van der Waals surface area contributed by atoms with Crippen LogP contribution in [0.25, 0.3) is 21.6 Å². The van der Waals surface area contributed by atoms with Crippen molar-refractivity contribution in [1.29, 1.82) is 0 Å². The average molecular weight is 465 g/mol. The highest BCUT2D eigenvalue weighted by molar-refractivity contribution is 7.98. The van der Waals surface area contributed by atoms with Crippen LogP contribution in [0.3, 0.4) is 0 Å². The Morgan fingerprint density at radius 1 is 1.16 bits per heavy atom. The molecular formula is C24H24N4O2S2. The number of carbonyl (C=O) groups is 1. The molecule has 1 aliphatic rings. The third-order valence-corrected chi connectivity index (χ3v) is 7.70. The van der Waals surface area contributed by atoms with Gasteiger partial charge in [0.2, 0.25) is 0 Å². The Bertz CT molecular complexity index is 1330. The lowest BCUT2D eigenvalue weighted by atomic mass is 10.1. The summed E-state index contributed by atoms with van der Waals surface area (Å²) in [4.78, 5) is 22.8. The van der Waals surface area contributed by atoms with Gasteiger partial charge in [0, 0.05) is 23.5 Å². The predicted octanol–water partition coefficient (Wildman–Crippen LogP) is 6.08. The first kappa shape index (κ1) is 21.0. The minimum Gasteiger partial charge on any atom is -0.444 e. The number of anilines is 1.